The summed E-state index contributed by atoms with van der Waals surface area (Å²) in [7, 11) is 0. The highest BCUT2D eigenvalue weighted by atomic mass is 16.5. The third-order valence-electron chi connectivity index (χ3n) is 8.58. The van der Waals surface area contributed by atoms with Crippen molar-refractivity contribution < 1.29 is 29.3 Å². The van der Waals surface area contributed by atoms with E-state index in [0.29, 0.717) is 19.6 Å². The average molecular weight is 623 g/mol. The largest absolute Gasteiger partial charge is 0.481 e. The van der Waals surface area contributed by atoms with E-state index in [0.717, 1.165) is 108 Å². The first kappa shape index (κ1) is 42.3. The quantitative estimate of drug-likeness (QED) is 0.0539. The van der Waals surface area contributed by atoms with E-state index in [1.807, 2.05) is 13.8 Å². The Morgan fingerprint density at radius 2 is 0.795 bits per heavy atom. The minimum Gasteiger partial charge on any atom is -0.481 e. The van der Waals surface area contributed by atoms with Gasteiger partial charge in [-0.15, -0.1) is 0 Å². The Morgan fingerprint density at radius 1 is 0.500 bits per heavy atom. The molecule has 0 amide bonds. The van der Waals surface area contributed by atoms with Gasteiger partial charge in [0.1, 0.15) is 0 Å². The molecule has 0 atom stereocenters. The number of unbranched alkanes of at least 4 members (excludes halogenated alkanes) is 18. The second-order valence-corrected chi connectivity index (χ2v) is 13.4. The van der Waals surface area contributed by atoms with Crippen LogP contribution in [0.25, 0.3) is 0 Å². The molecule has 0 saturated heterocycles. The summed E-state index contributed by atoms with van der Waals surface area (Å²) in [5, 5.41) is 19.3. The highest BCUT2D eigenvalue weighted by Gasteiger charge is 2.36. The van der Waals surface area contributed by atoms with Crippen molar-refractivity contribution in [1.29, 1.82) is 0 Å². The number of hydrogen-bond acceptors (Lipinski definition) is 4. The molecule has 0 spiro atoms. The molecule has 44 heavy (non-hydrogen) atoms. The topological polar surface area (TPSA) is 93.1 Å². The highest BCUT2D eigenvalue weighted by Crippen LogP contribution is 2.38. The number of carboxylic acid groups (broad SMARTS) is 2. The molecular formula is C38H70O6. The smallest absolute Gasteiger partial charge is 0.309 e. The van der Waals surface area contributed by atoms with Gasteiger partial charge in [-0.3, -0.25) is 9.59 Å². The molecule has 0 bridgehead atoms. The summed E-state index contributed by atoms with van der Waals surface area (Å²) < 4.78 is 11.1. The van der Waals surface area contributed by atoms with Crippen molar-refractivity contribution in [3.05, 3.63) is 24.3 Å². The number of ether oxygens (including phenoxy) is 2. The summed E-state index contributed by atoms with van der Waals surface area (Å²) in [5.74, 6) is -1.34. The van der Waals surface area contributed by atoms with E-state index in [9.17, 15) is 14.7 Å². The van der Waals surface area contributed by atoms with Gasteiger partial charge in [-0.25, -0.2) is 0 Å². The Hall–Kier alpha value is -1.66. The lowest BCUT2D eigenvalue weighted by molar-refractivity contribution is -0.151. The van der Waals surface area contributed by atoms with Crippen LogP contribution in [-0.2, 0) is 19.1 Å². The lowest BCUT2D eigenvalue weighted by Crippen LogP contribution is -2.31. The molecule has 0 aromatic rings. The number of rotatable bonds is 35. The standard InChI is InChI=1S/C38H70O6/c1-34(2)32-43-30-24-18-11-7-5-9-15-21-27-38(37(41)42,29-23-17-13-14-20-26-36(39)40)28-22-16-10-6-8-12-19-25-31-44-33-35(3)4/h1,3,5-33H2,2,4H3,(H,39,40)(H,41,42). The predicted molar refractivity (Wildman–Crippen MR) is 184 cm³/mol. The van der Waals surface area contributed by atoms with Gasteiger partial charge < -0.3 is 19.7 Å². The first-order valence-corrected chi connectivity index (χ1v) is 18.1. The molecule has 0 aliphatic heterocycles. The summed E-state index contributed by atoms with van der Waals surface area (Å²) >= 11 is 0. The highest BCUT2D eigenvalue weighted by molar-refractivity contribution is 5.74. The Balaban J connectivity index is 4.37. The molecule has 0 saturated carbocycles. The molecule has 6 heteroatoms. The van der Waals surface area contributed by atoms with Crippen molar-refractivity contribution in [2.24, 2.45) is 5.41 Å². The zero-order valence-electron chi connectivity index (χ0n) is 28.9. The number of carbonyl (C=O) groups is 2. The molecule has 0 unspecified atom stereocenters. The fourth-order valence-electron chi connectivity index (χ4n) is 5.91. The number of aliphatic carboxylic acids is 2. The van der Waals surface area contributed by atoms with Crippen molar-refractivity contribution in [2.45, 2.75) is 174 Å². The van der Waals surface area contributed by atoms with Crippen LogP contribution in [0.4, 0.5) is 0 Å². The second kappa shape index (κ2) is 30.0. The number of carboxylic acids is 2. The molecule has 0 aromatic carbocycles. The third kappa shape index (κ3) is 27.9. The first-order valence-electron chi connectivity index (χ1n) is 18.1. The molecule has 0 aliphatic carbocycles. The van der Waals surface area contributed by atoms with Crippen molar-refractivity contribution in [3.8, 4) is 0 Å². The minimum absolute atomic E-state index is 0.229. The molecular weight excluding hydrogens is 552 g/mol. The molecule has 258 valence electrons. The van der Waals surface area contributed by atoms with Crippen molar-refractivity contribution >= 4 is 11.9 Å². The summed E-state index contributed by atoms with van der Waals surface area (Å²) in [5.41, 5.74) is 1.54. The molecule has 0 rings (SSSR count). The van der Waals surface area contributed by atoms with Crippen LogP contribution in [0.5, 0.6) is 0 Å². The van der Waals surface area contributed by atoms with Crippen LogP contribution in [0.2, 0.25) is 0 Å². The van der Waals surface area contributed by atoms with E-state index in [1.165, 1.54) is 64.2 Å². The van der Waals surface area contributed by atoms with Crippen LogP contribution in [0.15, 0.2) is 24.3 Å². The van der Waals surface area contributed by atoms with Crippen LogP contribution < -0.4 is 0 Å². The van der Waals surface area contributed by atoms with Gasteiger partial charge in [-0.05, 0) is 52.4 Å². The zero-order valence-corrected chi connectivity index (χ0v) is 28.9. The Morgan fingerprint density at radius 3 is 1.09 bits per heavy atom. The molecule has 0 radical (unpaired) electrons. The van der Waals surface area contributed by atoms with Crippen LogP contribution in [-0.4, -0.2) is 48.6 Å². The van der Waals surface area contributed by atoms with Crippen molar-refractivity contribution in [3.63, 3.8) is 0 Å². The SMILES string of the molecule is C=C(C)COCCCCCCCCCCC(CCCCCCCCCCOCC(=C)C)(CCCCCCCC(=O)O)C(=O)O. The monoisotopic (exact) mass is 623 g/mol. The van der Waals surface area contributed by atoms with E-state index in [-0.39, 0.29) is 6.42 Å². The lowest BCUT2D eigenvalue weighted by atomic mass is 9.74. The normalized spacial score (nSPS) is 11.6. The fourth-order valence-corrected chi connectivity index (χ4v) is 5.91. The maximum absolute atomic E-state index is 12.7. The van der Waals surface area contributed by atoms with Gasteiger partial charge in [0, 0.05) is 19.6 Å². The van der Waals surface area contributed by atoms with Crippen LogP contribution >= 0.6 is 0 Å². The summed E-state index contributed by atoms with van der Waals surface area (Å²) in [6, 6.07) is 0. The average Bonchev–Trinajstić information content (AvgIpc) is 2.96. The van der Waals surface area contributed by atoms with Crippen LogP contribution in [0, 0.1) is 5.41 Å². The second-order valence-electron chi connectivity index (χ2n) is 13.4. The number of hydrogen-bond donors (Lipinski definition) is 2. The summed E-state index contributed by atoms with van der Waals surface area (Å²) in [6.45, 7) is 14.7. The van der Waals surface area contributed by atoms with E-state index in [4.69, 9.17) is 14.6 Å². The Labute approximate surface area is 271 Å². The van der Waals surface area contributed by atoms with Gasteiger partial charge in [0.15, 0.2) is 0 Å². The van der Waals surface area contributed by atoms with E-state index in [2.05, 4.69) is 13.2 Å². The fraction of sp³-hybridized carbons (Fsp3) is 0.842. The van der Waals surface area contributed by atoms with Gasteiger partial charge in [-0.2, -0.15) is 0 Å². The Bertz CT molecular complexity index is 693. The molecule has 6 nitrogen and oxygen atoms in total. The molecule has 0 aromatic heterocycles. The van der Waals surface area contributed by atoms with Gasteiger partial charge in [-0.1, -0.05) is 140 Å². The van der Waals surface area contributed by atoms with E-state index >= 15 is 0 Å². The lowest BCUT2D eigenvalue weighted by Gasteiger charge is -2.30. The molecule has 0 heterocycles. The van der Waals surface area contributed by atoms with Crippen molar-refractivity contribution in [1.82, 2.24) is 0 Å². The van der Waals surface area contributed by atoms with Gasteiger partial charge >= 0.3 is 11.9 Å². The van der Waals surface area contributed by atoms with Gasteiger partial charge in [0.05, 0.1) is 18.6 Å². The van der Waals surface area contributed by atoms with E-state index in [1.54, 1.807) is 0 Å². The summed E-state index contributed by atoms with van der Waals surface area (Å²) in [4.78, 5) is 23.4. The Kier molecular flexibility index (Phi) is 28.9. The zero-order chi connectivity index (χ0) is 32.7. The van der Waals surface area contributed by atoms with Gasteiger partial charge in [0.25, 0.3) is 0 Å². The summed E-state index contributed by atoms with van der Waals surface area (Å²) in [6.07, 6.45) is 25.7. The predicted octanol–water partition coefficient (Wildman–Crippen LogP) is 11.1. The molecule has 0 aliphatic rings. The van der Waals surface area contributed by atoms with Crippen molar-refractivity contribution in [2.75, 3.05) is 26.4 Å². The molecule has 0 fully saturated rings. The third-order valence-corrected chi connectivity index (χ3v) is 8.58. The minimum atomic E-state index is -0.734. The van der Waals surface area contributed by atoms with Crippen LogP contribution in [0.1, 0.15) is 174 Å². The maximum atomic E-state index is 12.7. The molecule has 2 N–H and O–H groups in total. The first-order chi connectivity index (χ1) is 21.2. The van der Waals surface area contributed by atoms with Crippen LogP contribution in [0.3, 0.4) is 0 Å². The van der Waals surface area contributed by atoms with Gasteiger partial charge in [0.2, 0.25) is 0 Å². The van der Waals surface area contributed by atoms with E-state index < -0.39 is 17.4 Å². The maximum Gasteiger partial charge on any atom is 0.309 e.